The molecule has 8 heteroatoms. The van der Waals surface area contributed by atoms with Crippen LogP contribution in [0, 0.1) is 11.8 Å². The third-order valence-corrected chi connectivity index (χ3v) is 6.34. The van der Waals surface area contributed by atoms with Crippen LogP contribution in [0.4, 0.5) is 5.69 Å². The van der Waals surface area contributed by atoms with E-state index in [1.165, 1.54) is 5.69 Å². The van der Waals surface area contributed by atoms with Crippen molar-refractivity contribution >= 4 is 35.8 Å². The fourth-order valence-corrected chi connectivity index (χ4v) is 3.79. The van der Waals surface area contributed by atoms with Crippen molar-refractivity contribution in [2.45, 2.75) is 79.9 Å². The van der Waals surface area contributed by atoms with Crippen LogP contribution >= 0.6 is 0 Å². The van der Waals surface area contributed by atoms with Gasteiger partial charge >= 0.3 is 5.97 Å². The van der Waals surface area contributed by atoms with Gasteiger partial charge in [0.25, 0.3) is 0 Å². The molecule has 0 bridgehead atoms. The van der Waals surface area contributed by atoms with E-state index in [9.17, 15) is 14.4 Å². The standard InChI is InChI=1S/C29H46N4O4/c1-9-21(7)26(28(35)31-22(8)29(36)37-12-4)32-27(34)25(20(5)6)30-19-13-14-23-15-17-24(18-16-23)33(10-2)11-3/h13-22,25-26H,9-12H2,1-8H3,(H,31,35)(H,32,34)/b14-13+,30-19?/t21?,22-,25-,26-/m0/s1. The first-order valence-corrected chi connectivity index (χ1v) is 13.4. The molecule has 1 aromatic carbocycles. The number of hydrogen-bond acceptors (Lipinski definition) is 6. The fraction of sp³-hybridized carbons (Fsp3) is 0.586. The van der Waals surface area contributed by atoms with Gasteiger partial charge < -0.3 is 20.3 Å². The van der Waals surface area contributed by atoms with Crippen LogP contribution in [-0.4, -0.2) is 61.8 Å². The summed E-state index contributed by atoms with van der Waals surface area (Å²) in [5.74, 6) is -1.45. The number of aliphatic imine (C=N–C) groups is 1. The van der Waals surface area contributed by atoms with Crippen molar-refractivity contribution in [2.75, 3.05) is 24.6 Å². The van der Waals surface area contributed by atoms with Crippen molar-refractivity contribution < 1.29 is 19.1 Å². The number of rotatable bonds is 15. The van der Waals surface area contributed by atoms with Crippen LogP contribution in [0.15, 0.2) is 35.3 Å². The second kappa shape index (κ2) is 16.6. The predicted molar refractivity (Wildman–Crippen MR) is 152 cm³/mol. The van der Waals surface area contributed by atoms with Crippen molar-refractivity contribution in [1.82, 2.24) is 10.6 Å². The monoisotopic (exact) mass is 514 g/mol. The summed E-state index contributed by atoms with van der Waals surface area (Å²) < 4.78 is 4.97. The first kappa shape index (κ1) is 31.9. The molecule has 0 saturated carbocycles. The van der Waals surface area contributed by atoms with Crippen molar-refractivity contribution in [3.63, 3.8) is 0 Å². The molecule has 1 aromatic rings. The maximum absolute atomic E-state index is 13.1. The summed E-state index contributed by atoms with van der Waals surface area (Å²) in [6.07, 6.45) is 6.06. The molecule has 37 heavy (non-hydrogen) atoms. The van der Waals surface area contributed by atoms with Crippen molar-refractivity contribution in [1.29, 1.82) is 0 Å². The van der Waals surface area contributed by atoms with Gasteiger partial charge in [0.1, 0.15) is 18.1 Å². The van der Waals surface area contributed by atoms with Crippen molar-refractivity contribution in [2.24, 2.45) is 16.8 Å². The van der Waals surface area contributed by atoms with Crippen LogP contribution < -0.4 is 15.5 Å². The molecule has 2 amide bonds. The quantitative estimate of drug-likeness (QED) is 0.269. The lowest BCUT2D eigenvalue weighted by Crippen LogP contribution is -2.55. The average molecular weight is 515 g/mol. The zero-order chi connectivity index (χ0) is 28.0. The second-order valence-corrected chi connectivity index (χ2v) is 9.46. The number of ether oxygens (including phenoxy) is 1. The zero-order valence-electron chi connectivity index (χ0n) is 23.8. The molecule has 0 heterocycles. The van der Waals surface area contributed by atoms with E-state index >= 15 is 0 Å². The third kappa shape index (κ3) is 10.4. The van der Waals surface area contributed by atoms with E-state index in [-0.39, 0.29) is 24.3 Å². The van der Waals surface area contributed by atoms with Crippen LogP contribution in [0.5, 0.6) is 0 Å². The molecule has 2 N–H and O–H groups in total. The first-order chi connectivity index (χ1) is 17.6. The van der Waals surface area contributed by atoms with E-state index in [4.69, 9.17) is 4.74 Å². The molecule has 0 fully saturated rings. The van der Waals surface area contributed by atoms with Crippen LogP contribution in [0.25, 0.3) is 6.08 Å². The van der Waals surface area contributed by atoms with Gasteiger partial charge in [0.15, 0.2) is 0 Å². The van der Waals surface area contributed by atoms with Crippen LogP contribution in [-0.2, 0) is 19.1 Å². The Morgan fingerprint density at radius 1 is 0.946 bits per heavy atom. The van der Waals surface area contributed by atoms with E-state index < -0.39 is 30.0 Å². The lowest BCUT2D eigenvalue weighted by atomic mass is 9.96. The molecule has 1 unspecified atom stereocenters. The number of nitrogens with zero attached hydrogens (tertiary/aromatic N) is 2. The number of nitrogens with one attached hydrogen (secondary N) is 2. The number of benzene rings is 1. The number of amides is 2. The molecular weight excluding hydrogens is 468 g/mol. The number of anilines is 1. The fourth-order valence-electron chi connectivity index (χ4n) is 3.79. The van der Waals surface area contributed by atoms with E-state index in [2.05, 4.69) is 58.6 Å². The lowest BCUT2D eigenvalue weighted by molar-refractivity contribution is -0.147. The summed E-state index contributed by atoms with van der Waals surface area (Å²) in [5.41, 5.74) is 2.22. The Morgan fingerprint density at radius 3 is 2.08 bits per heavy atom. The maximum Gasteiger partial charge on any atom is 0.328 e. The zero-order valence-corrected chi connectivity index (χ0v) is 23.8. The SMILES string of the molecule is CCOC(=O)[C@H](C)NC(=O)[C@@H](NC(=O)[C@@H](N=C/C=C/c1ccc(N(CC)CC)cc1)C(C)C)C(C)CC. The normalized spacial score (nSPS) is 14.8. The van der Waals surface area contributed by atoms with Gasteiger partial charge in [0, 0.05) is 25.0 Å². The Kier molecular flexibility index (Phi) is 14.3. The molecule has 0 saturated heterocycles. The number of allylic oxidation sites excluding steroid dienone is 1. The molecule has 8 nitrogen and oxygen atoms in total. The molecule has 0 spiro atoms. The Morgan fingerprint density at radius 2 is 1.57 bits per heavy atom. The molecule has 0 radical (unpaired) electrons. The summed E-state index contributed by atoms with van der Waals surface area (Å²) in [6.45, 7) is 17.4. The molecular formula is C29H46N4O4. The molecule has 206 valence electrons. The van der Waals surface area contributed by atoms with E-state index in [1.54, 1.807) is 20.1 Å². The van der Waals surface area contributed by atoms with Crippen molar-refractivity contribution in [3.8, 4) is 0 Å². The highest BCUT2D eigenvalue weighted by atomic mass is 16.5. The van der Waals surface area contributed by atoms with Gasteiger partial charge in [-0.15, -0.1) is 0 Å². The molecule has 0 aliphatic rings. The molecule has 1 rings (SSSR count). The molecule has 0 aliphatic heterocycles. The summed E-state index contributed by atoms with van der Waals surface area (Å²) >= 11 is 0. The Labute approximate surface area is 222 Å². The lowest BCUT2D eigenvalue weighted by Gasteiger charge is -2.27. The topological polar surface area (TPSA) is 100 Å². The van der Waals surface area contributed by atoms with Gasteiger partial charge in [-0.3, -0.25) is 14.6 Å². The first-order valence-electron chi connectivity index (χ1n) is 13.4. The Bertz CT molecular complexity index is 907. The highest BCUT2D eigenvalue weighted by Gasteiger charge is 2.31. The molecule has 0 aliphatic carbocycles. The van der Waals surface area contributed by atoms with Gasteiger partial charge in [-0.05, 0) is 63.3 Å². The summed E-state index contributed by atoms with van der Waals surface area (Å²) in [4.78, 5) is 44.8. The van der Waals surface area contributed by atoms with E-state index in [1.807, 2.05) is 39.8 Å². The summed E-state index contributed by atoms with van der Waals surface area (Å²) in [6, 6.07) is 6.05. The molecule has 4 atom stereocenters. The van der Waals surface area contributed by atoms with Crippen LogP contribution in [0.2, 0.25) is 0 Å². The number of carbonyl (C=O) groups excluding carboxylic acids is 3. The predicted octanol–water partition coefficient (Wildman–Crippen LogP) is 4.24. The second-order valence-electron chi connectivity index (χ2n) is 9.46. The Balaban J connectivity index is 2.90. The number of esters is 1. The van der Waals surface area contributed by atoms with Gasteiger partial charge in [-0.1, -0.05) is 52.3 Å². The third-order valence-electron chi connectivity index (χ3n) is 6.34. The van der Waals surface area contributed by atoms with E-state index in [0.717, 1.165) is 18.7 Å². The summed E-state index contributed by atoms with van der Waals surface area (Å²) in [5, 5.41) is 5.53. The highest BCUT2D eigenvalue weighted by molar-refractivity contribution is 5.93. The van der Waals surface area contributed by atoms with Gasteiger partial charge in [0.2, 0.25) is 11.8 Å². The average Bonchev–Trinajstić information content (AvgIpc) is 2.87. The number of hydrogen-bond donors (Lipinski definition) is 2. The smallest absolute Gasteiger partial charge is 0.328 e. The van der Waals surface area contributed by atoms with Crippen molar-refractivity contribution in [3.05, 3.63) is 35.9 Å². The van der Waals surface area contributed by atoms with Crippen LogP contribution in [0.1, 0.15) is 67.4 Å². The van der Waals surface area contributed by atoms with Gasteiger partial charge in [0.05, 0.1) is 6.61 Å². The minimum absolute atomic E-state index is 0.0721. The van der Waals surface area contributed by atoms with Crippen LogP contribution in [0.3, 0.4) is 0 Å². The van der Waals surface area contributed by atoms with E-state index in [0.29, 0.717) is 6.42 Å². The highest BCUT2D eigenvalue weighted by Crippen LogP contribution is 2.16. The maximum atomic E-state index is 13.1. The van der Waals surface area contributed by atoms with Gasteiger partial charge in [-0.2, -0.15) is 0 Å². The Hall–Kier alpha value is -3.16. The minimum Gasteiger partial charge on any atom is -0.464 e. The van der Waals surface area contributed by atoms with Gasteiger partial charge in [-0.25, -0.2) is 4.79 Å². The number of carbonyl (C=O) groups is 3. The summed E-state index contributed by atoms with van der Waals surface area (Å²) in [7, 11) is 0. The minimum atomic E-state index is -0.805. The largest absolute Gasteiger partial charge is 0.464 e. The molecule has 0 aromatic heterocycles.